The summed E-state index contributed by atoms with van der Waals surface area (Å²) in [5.41, 5.74) is 2.41. The zero-order valence-electron chi connectivity index (χ0n) is 15.5. The van der Waals surface area contributed by atoms with Crippen LogP contribution >= 0.6 is 0 Å². The molecule has 1 aromatic heterocycles. The molecule has 1 amide bonds. The number of carbonyl (C=O) groups is 1. The van der Waals surface area contributed by atoms with E-state index >= 15 is 0 Å². The molecule has 138 valence electrons. The molecule has 3 aromatic rings. The highest BCUT2D eigenvalue weighted by Crippen LogP contribution is 2.18. The zero-order valence-corrected chi connectivity index (χ0v) is 15.5. The molecule has 0 unspecified atom stereocenters. The van der Waals surface area contributed by atoms with Gasteiger partial charge >= 0.3 is 0 Å². The minimum atomic E-state index is -0.183. The number of rotatable bonds is 7. The van der Waals surface area contributed by atoms with Crippen molar-refractivity contribution in [3.63, 3.8) is 0 Å². The van der Waals surface area contributed by atoms with E-state index in [1.807, 2.05) is 68.4 Å². The van der Waals surface area contributed by atoms with Crippen LogP contribution < -0.4 is 15.4 Å². The number of ether oxygens (including phenoxy) is 1. The Morgan fingerprint density at radius 1 is 1.04 bits per heavy atom. The Bertz CT molecular complexity index is 878. The minimum Gasteiger partial charge on any atom is -0.491 e. The number of nitrogens with zero attached hydrogens (tertiary/aromatic N) is 1. The maximum Gasteiger partial charge on any atom is 0.255 e. The summed E-state index contributed by atoms with van der Waals surface area (Å²) in [6.07, 6.45) is 1.74. The van der Waals surface area contributed by atoms with Gasteiger partial charge in [-0.25, -0.2) is 4.98 Å². The van der Waals surface area contributed by atoms with Gasteiger partial charge in [-0.15, -0.1) is 0 Å². The first-order valence-electron chi connectivity index (χ1n) is 8.92. The van der Waals surface area contributed by atoms with Crippen molar-refractivity contribution >= 4 is 17.4 Å². The van der Waals surface area contributed by atoms with Crippen molar-refractivity contribution in [2.45, 2.75) is 26.5 Å². The first kappa shape index (κ1) is 18.5. The molecule has 0 saturated carbocycles. The van der Waals surface area contributed by atoms with Crippen LogP contribution in [0.5, 0.6) is 5.75 Å². The van der Waals surface area contributed by atoms with Gasteiger partial charge in [-0.3, -0.25) is 4.79 Å². The molecule has 0 spiro atoms. The number of carbonyl (C=O) groups excluding carboxylic acids is 1. The van der Waals surface area contributed by atoms with Gasteiger partial charge in [0.15, 0.2) is 0 Å². The highest BCUT2D eigenvalue weighted by atomic mass is 16.5. The predicted molar refractivity (Wildman–Crippen MR) is 108 cm³/mol. The number of amides is 1. The van der Waals surface area contributed by atoms with Gasteiger partial charge < -0.3 is 15.4 Å². The lowest BCUT2D eigenvalue weighted by molar-refractivity contribution is 0.102. The fourth-order valence-electron chi connectivity index (χ4n) is 2.55. The van der Waals surface area contributed by atoms with Crippen LogP contribution in [0.15, 0.2) is 72.9 Å². The van der Waals surface area contributed by atoms with E-state index < -0.39 is 0 Å². The molecule has 0 saturated heterocycles. The Labute approximate surface area is 159 Å². The smallest absolute Gasteiger partial charge is 0.255 e. The van der Waals surface area contributed by atoms with E-state index in [-0.39, 0.29) is 12.0 Å². The number of anilines is 2. The summed E-state index contributed by atoms with van der Waals surface area (Å²) in [5, 5.41) is 6.13. The molecule has 5 heteroatoms. The number of hydrogen-bond acceptors (Lipinski definition) is 4. The van der Waals surface area contributed by atoms with Crippen molar-refractivity contribution in [1.29, 1.82) is 0 Å². The Hall–Kier alpha value is -3.34. The number of pyridine rings is 1. The second-order valence-electron chi connectivity index (χ2n) is 6.41. The molecular weight excluding hydrogens is 338 g/mol. The molecule has 5 nitrogen and oxygen atoms in total. The highest BCUT2D eigenvalue weighted by molar-refractivity contribution is 6.04. The molecule has 3 rings (SSSR count). The Balaban J connectivity index is 1.61. The van der Waals surface area contributed by atoms with E-state index in [2.05, 4.69) is 15.6 Å². The van der Waals surface area contributed by atoms with Gasteiger partial charge in [0.25, 0.3) is 5.91 Å². The average Bonchev–Trinajstić information content (AvgIpc) is 2.68. The van der Waals surface area contributed by atoms with Gasteiger partial charge in [0.05, 0.1) is 6.10 Å². The fourth-order valence-corrected chi connectivity index (χ4v) is 2.55. The highest BCUT2D eigenvalue weighted by Gasteiger charge is 2.08. The Morgan fingerprint density at radius 2 is 1.78 bits per heavy atom. The largest absolute Gasteiger partial charge is 0.491 e. The van der Waals surface area contributed by atoms with Crippen molar-refractivity contribution in [3.8, 4) is 5.75 Å². The summed E-state index contributed by atoms with van der Waals surface area (Å²) in [5.74, 6) is 1.25. The van der Waals surface area contributed by atoms with Gasteiger partial charge in [0.2, 0.25) is 0 Å². The molecule has 0 aliphatic rings. The summed E-state index contributed by atoms with van der Waals surface area (Å²) in [6.45, 7) is 4.60. The van der Waals surface area contributed by atoms with E-state index in [4.69, 9.17) is 4.74 Å². The van der Waals surface area contributed by atoms with Crippen LogP contribution in [-0.2, 0) is 6.54 Å². The topological polar surface area (TPSA) is 63.2 Å². The van der Waals surface area contributed by atoms with E-state index in [1.54, 1.807) is 18.3 Å². The van der Waals surface area contributed by atoms with Crippen molar-refractivity contribution in [2.24, 2.45) is 0 Å². The quantitative estimate of drug-likeness (QED) is 0.638. The van der Waals surface area contributed by atoms with Crippen molar-refractivity contribution in [2.75, 3.05) is 10.6 Å². The zero-order chi connectivity index (χ0) is 19.1. The van der Waals surface area contributed by atoms with E-state index in [0.717, 1.165) is 11.3 Å². The first-order valence-corrected chi connectivity index (χ1v) is 8.92. The average molecular weight is 361 g/mol. The molecule has 0 fully saturated rings. The molecule has 0 bridgehead atoms. The Morgan fingerprint density at radius 3 is 2.48 bits per heavy atom. The fraction of sp³-hybridized carbons (Fsp3) is 0.182. The second-order valence-corrected chi connectivity index (χ2v) is 6.41. The van der Waals surface area contributed by atoms with Gasteiger partial charge in [-0.2, -0.15) is 0 Å². The summed E-state index contributed by atoms with van der Waals surface area (Å²) in [6, 6.07) is 20.8. The van der Waals surface area contributed by atoms with Crippen molar-refractivity contribution in [3.05, 3.63) is 84.1 Å². The van der Waals surface area contributed by atoms with Crippen molar-refractivity contribution in [1.82, 2.24) is 4.98 Å². The molecule has 2 aromatic carbocycles. The lowest BCUT2D eigenvalue weighted by Gasteiger charge is -2.11. The second kappa shape index (κ2) is 8.85. The van der Waals surface area contributed by atoms with Crippen LogP contribution in [0.25, 0.3) is 0 Å². The van der Waals surface area contributed by atoms with E-state index in [9.17, 15) is 4.79 Å². The third-order valence-corrected chi connectivity index (χ3v) is 3.82. The van der Waals surface area contributed by atoms with Crippen molar-refractivity contribution < 1.29 is 9.53 Å². The van der Waals surface area contributed by atoms with Crippen LogP contribution in [0.1, 0.15) is 29.8 Å². The summed E-state index contributed by atoms with van der Waals surface area (Å²) in [7, 11) is 0. The number of nitrogens with one attached hydrogen (secondary N) is 2. The summed E-state index contributed by atoms with van der Waals surface area (Å²) >= 11 is 0. The standard InChI is InChI=1S/C22H23N3O2/c1-16(2)27-20-10-8-19(9-11-20)25-22(26)18-12-13-23-21(14-18)24-15-17-6-4-3-5-7-17/h3-14,16H,15H2,1-2H3,(H,23,24)(H,25,26). The SMILES string of the molecule is CC(C)Oc1ccc(NC(=O)c2ccnc(NCc3ccccc3)c2)cc1. The number of benzene rings is 2. The van der Waals surface area contributed by atoms with E-state index in [0.29, 0.717) is 23.6 Å². The third kappa shape index (κ3) is 5.57. The Kier molecular flexibility index (Phi) is 6.05. The normalized spacial score (nSPS) is 10.5. The predicted octanol–water partition coefficient (Wildman–Crippen LogP) is 4.73. The van der Waals surface area contributed by atoms with Gasteiger partial charge in [0, 0.05) is 24.0 Å². The molecule has 2 N–H and O–H groups in total. The van der Waals surface area contributed by atoms with Crippen LogP contribution in [0.2, 0.25) is 0 Å². The van der Waals surface area contributed by atoms with E-state index in [1.165, 1.54) is 0 Å². The van der Waals surface area contributed by atoms with Crippen LogP contribution in [0.4, 0.5) is 11.5 Å². The lowest BCUT2D eigenvalue weighted by atomic mass is 10.2. The molecular formula is C22H23N3O2. The maximum absolute atomic E-state index is 12.5. The van der Waals surface area contributed by atoms with Crippen LogP contribution in [0, 0.1) is 0 Å². The number of hydrogen-bond donors (Lipinski definition) is 2. The lowest BCUT2D eigenvalue weighted by Crippen LogP contribution is -2.13. The molecule has 1 heterocycles. The summed E-state index contributed by atoms with van der Waals surface area (Å²) in [4.78, 5) is 16.8. The molecule has 27 heavy (non-hydrogen) atoms. The summed E-state index contributed by atoms with van der Waals surface area (Å²) < 4.78 is 5.61. The maximum atomic E-state index is 12.5. The monoisotopic (exact) mass is 361 g/mol. The number of aromatic nitrogens is 1. The molecule has 0 aliphatic carbocycles. The molecule has 0 atom stereocenters. The third-order valence-electron chi connectivity index (χ3n) is 3.82. The minimum absolute atomic E-state index is 0.115. The van der Waals surface area contributed by atoms with Gasteiger partial charge in [0.1, 0.15) is 11.6 Å². The van der Waals surface area contributed by atoms with Crippen LogP contribution in [0.3, 0.4) is 0 Å². The molecule has 0 radical (unpaired) electrons. The van der Waals surface area contributed by atoms with Crippen LogP contribution in [-0.4, -0.2) is 17.0 Å². The van der Waals surface area contributed by atoms with Gasteiger partial charge in [-0.05, 0) is 55.8 Å². The first-order chi connectivity index (χ1) is 13.1. The molecule has 0 aliphatic heterocycles. The van der Waals surface area contributed by atoms with Gasteiger partial charge in [-0.1, -0.05) is 30.3 Å².